The largest absolute Gasteiger partial charge is 0.457 e. The van der Waals surface area contributed by atoms with E-state index in [1.54, 1.807) is 0 Å². The summed E-state index contributed by atoms with van der Waals surface area (Å²) in [5.41, 5.74) is 0. The zero-order chi connectivity index (χ0) is 52.1. The van der Waals surface area contributed by atoms with Crippen molar-refractivity contribution >= 4 is 5.97 Å². The standard InChI is InChI=1S/C63H112O9/c1-3-5-7-9-11-13-15-17-19-21-23-25-27-29-30-32-34-36-38-40-42-44-46-48-50-52-59(65)71-57(56-70-63-62(68)61(67)60(66)58(54-64)72-63)55-69-53-51-49-47-45-43-41-39-37-35-33-31-28-26-24-22-20-18-16-14-12-10-8-6-4-2/h6,8,12,14,18,20,24,26,31,33,37,39,57-58,60-64,66-68H,3-5,7,9-11,13,15-17,19,21-23,25,27-30,32,34-36,38,40-56H2,1-2H3/b8-6-,14-12-,20-18-,26-24-,33-31-,39-37-. The average Bonchev–Trinajstić information content (AvgIpc) is 3.38. The highest BCUT2D eigenvalue weighted by Crippen LogP contribution is 2.23. The summed E-state index contributed by atoms with van der Waals surface area (Å²) in [6.45, 7) is 4.44. The van der Waals surface area contributed by atoms with E-state index in [-0.39, 0.29) is 19.2 Å². The van der Waals surface area contributed by atoms with Crippen molar-refractivity contribution in [3.63, 3.8) is 0 Å². The number of unbranched alkanes of at least 4 members (excludes halogenated alkanes) is 29. The molecule has 0 aromatic carbocycles. The topological polar surface area (TPSA) is 135 Å². The average molecular weight is 1010 g/mol. The molecule has 0 aromatic rings. The molecule has 418 valence electrons. The fourth-order valence-corrected chi connectivity index (χ4v) is 9.03. The molecule has 9 nitrogen and oxygen atoms in total. The molecule has 1 aliphatic rings. The SMILES string of the molecule is CC/C=C\C/C=C\C/C=C\C/C=C\C/C=C\C/C=C\CCCCCCCOCC(COC1OC(CO)C(O)C(O)C1O)OC(=O)CCCCCCCCCCCCCCCCCCCCCCCCCCC. The van der Waals surface area contributed by atoms with E-state index in [0.29, 0.717) is 13.0 Å². The molecule has 72 heavy (non-hydrogen) atoms. The third-order valence-electron chi connectivity index (χ3n) is 13.6. The number of aliphatic hydroxyl groups is 4. The zero-order valence-corrected chi connectivity index (χ0v) is 46.4. The molecule has 1 fully saturated rings. The molecule has 0 aliphatic carbocycles. The van der Waals surface area contributed by atoms with Crippen molar-refractivity contribution in [1.29, 1.82) is 0 Å². The maximum atomic E-state index is 12.9. The van der Waals surface area contributed by atoms with Crippen LogP contribution in [0.1, 0.15) is 258 Å². The molecule has 0 bridgehead atoms. The van der Waals surface area contributed by atoms with Gasteiger partial charge in [-0.25, -0.2) is 0 Å². The van der Waals surface area contributed by atoms with Crippen LogP contribution in [0.3, 0.4) is 0 Å². The first-order valence-electron chi connectivity index (χ1n) is 30.0. The number of esters is 1. The van der Waals surface area contributed by atoms with Crippen LogP contribution in [0, 0.1) is 0 Å². The van der Waals surface area contributed by atoms with Gasteiger partial charge in [-0.05, 0) is 64.2 Å². The number of carbonyl (C=O) groups is 1. The van der Waals surface area contributed by atoms with Crippen LogP contribution in [0.2, 0.25) is 0 Å². The van der Waals surface area contributed by atoms with Crippen molar-refractivity contribution in [3.8, 4) is 0 Å². The molecule has 1 aliphatic heterocycles. The predicted molar refractivity (Wildman–Crippen MR) is 302 cm³/mol. The van der Waals surface area contributed by atoms with Gasteiger partial charge in [0.15, 0.2) is 6.29 Å². The molecule has 0 amide bonds. The van der Waals surface area contributed by atoms with Crippen molar-refractivity contribution in [2.45, 2.75) is 295 Å². The minimum Gasteiger partial charge on any atom is -0.457 e. The second-order valence-electron chi connectivity index (χ2n) is 20.4. The molecule has 1 saturated heterocycles. The van der Waals surface area contributed by atoms with Gasteiger partial charge in [-0.15, -0.1) is 0 Å². The maximum absolute atomic E-state index is 12.9. The lowest BCUT2D eigenvalue weighted by Crippen LogP contribution is -2.59. The Balaban J connectivity index is 2.16. The Morgan fingerprint density at radius 3 is 1.28 bits per heavy atom. The van der Waals surface area contributed by atoms with Gasteiger partial charge in [0.1, 0.15) is 30.5 Å². The molecular formula is C63H112O9. The summed E-state index contributed by atoms with van der Waals surface area (Å²) >= 11 is 0. The molecule has 1 heterocycles. The first kappa shape index (κ1) is 67.6. The van der Waals surface area contributed by atoms with Gasteiger partial charge in [0.2, 0.25) is 0 Å². The summed E-state index contributed by atoms with van der Waals surface area (Å²) in [6, 6.07) is 0. The number of hydrogen-bond donors (Lipinski definition) is 4. The molecule has 0 saturated carbocycles. The monoisotopic (exact) mass is 1010 g/mol. The summed E-state index contributed by atoms with van der Waals surface area (Å²) in [6.07, 6.45) is 65.3. The second-order valence-corrected chi connectivity index (χ2v) is 20.4. The Bertz CT molecular complexity index is 1340. The lowest BCUT2D eigenvalue weighted by Gasteiger charge is -2.39. The van der Waals surface area contributed by atoms with Crippen LogP contribution < -0.4 is 0 Å². The molecule has 9 heteroatoms. The minimum atomic E-state index is -1.54. The van der Waals surface area contributed by atoms with E-state index >= 15 is 0 Å². The van der Waals surface area contributed by atoms with E-state index in [1.165, 1.54) is 148 Å². The highest BCUT2D eigenvalue weighted by Gasteiger charge is 2.44. The van der Waals surface area contributed by atoms with Gasteiger partial charge < -0.3 is 39.4 Å². The van der Waals surface area contributed by atoms with E-state index in [4.69, 9.17) is 18.9 Å². The van der Waals surface area contributed by atoms with Crippen LogP contribution in [-0.4, -0.2) is 89.6 Å². The van der Waals surface area contributed by atoms with E-state index in [0.717, 1.165) is 89.9 Å². The van der Waals surface area contributed by atoms with E-state index in [1.807, 2.05) is 0 Å². The predicted octanol–water partition coefficient (Wildman–Crippen LogP) is 15.9. The fourth-order valence-electron chi connectivity index (χ4n) is 9.03. The number of aliphatic hydroxyl groups excluding tert-OH is 4. The van der Waals surface area contributed by atoms with Crippen molar-refractivity contribution in [2.24, 2.45) is 0 Å². The maximum Gasteiger partial charge on any atom is 0.306 e. The summed E-state index contributed by atoms with van der Waals surface area (Å²) < 4.78 is 23.0. The Morgan fingerprint density at radius 2 is 0.847 bits per heavy atom. The van der Waals surface area contributed by atoms with Crippen molar-refractivity contribution in [1.82, 2.24) is 0 Å². The van der Waals surface area contributed by atoms with Crippen LogP contribution in [0.15, 0.2) is 72.9 Å². The molecule has 0 spiro atoms. The smallest absolute Gasteiger partial charge is 0.306 e. The zero-order valence-electron chi connectivity index (χ0n) is 46.4. The number of ether oxygens (including phenoxy) is 4. The quantitative estimate of drug-likeness (QED) is 0.0267. The Kier molecular flexibility index (Phi) is 50.2. The highest BCUT2D eigenvalue weighted by molar-refractivity contribution is 5.69. The first-order valence-corrected chi connectivity index (χ1v) is 30.0. The summed E-state index contributed by atoms with van der Waals surface area (Å²) in [4.78, 5) is 12.9. The van der Waals surface area contributed by atoms with Gasteiger partial charge in [-0.2, -0.15) is 0 Å². The number of carbonyl (C=O) groups excluding carboxylic acids is 1. The lowest BCUT2D eigenvalue weighted by atomic mass is 9.99. The van der Waals surface area contributed by atoms with Gasteiger partial charge in [0.25, 0.3) is 0 Å². The third-order valence-corrected chi connectivity index (χ3v) is 13.6. The minimum absolute atomic E-state index is 0.123. The van der Waals surface area contributed by atoms with Gasteiger partial charge in [-0.3, -0.25) is 4.79 Å². The Morgan fingerprint density at radius 1 is 0.458 bits per heavy atom. The fraction of sp³-hybridized carbons (Fsp3) is 0.794. The number of hydrogen-bond acceptors (Lipinski definition) is 9. The van der Waals surface area contributed by atoms with Crippen molar-refractivity contribution in [2.75, 3.05) is 26.4 Å². The van der Waals surface area contributed by atoms with Crippen molar-refractivity contribution < 1.29 is 44.2 Å². The lowest BCUT2D eigenvalue weighted by molar-refractivity contribution is -0.305. The van der Waals surface area contributed by atoms with Gasteiger partial charge in [0, 0.05) is 13.0 Å². The van der Waals surface area contributed by atoms with E-state index in [2.05, 4.69) is 86.8 Å². The summed E-state index contributed by atoms with van der Waals surface area (Å²) in [5, 5.41) is 40.4. The normalized spacial score (nSPS) is 19.2. The molecular weight excluding hydrogens is 901 g/mol. The molecule has 1 rings (SSSR count). The highest BCUT2D eigenvalue weighted by atomic mass is 16.7. The summed E-state index contributed by atoms with van der Waals surface area (Å²) in [5.74, 6) is -0.318. The third kappa shape index (κ3) is 42.9. The molecule has 0 radical (unpaired) electrons. The molecule has 6 atom stereocenters. The molecule has 0 aromatic heterocycles. The first-order chi connectivity index (χ1) is 35.4. The van der Waals surface area contributed by atoms with Crippen LogP contribution in [0.4, 0.5) is 0 Å². The van der Waals surface area contributed by atoms with Crippen LogP contribution in [-0.2, 0) is 23.7 Å². The molecule has 6 unspecified atom stereocenters. The van der Waals surface area contributed by atoms with Crippen LogP contribution >= 0.6 is 0 Å². The van der Waals surface area contributed by atoms with Crippen LogP contribution in [0.5, 0.6) is 0 Å². The van der Waals surface area contributed by atoms with E-state index < -0.39 is 43.4 Å². The van der Waals surface area contributed by atoms with Gasteiger partial charge >= 0.3 is 5.97 Å². The second kappa shape index (κ2) is 53.5. The Hall–Kier alpha value is -2.37. The van der Waals surface area contributed by atoms with Crippen LogP contribution in [0.25, 0.3) is 0 Å². The van der Waals surface area contributed by atoms with Crippen molar-refractivity contribution in [3.05, 3.63) is 72.9 Å². The Labute approximate surface area is 442 Å². The number of allylic oxidation sites excluding steroid dienone is 12. The number of rotatable bonds is 52. The molecule has 4 N–H and O–H groups in total. The van der Waals surface area contributed by atoms with E-state index in [9.17, 15) is 25.2 Å². The van der Waals surface area contributed by atoms with Gasteiger partial charge in [0.05, 0.1) is 19.8 Å². The summed E-state index contributed by atoms with van der Waals surface area (Å²) in [7, 11) is 0. The van der Waals surface area contributed by atoms with Gasteiger partial charge in [-0.1, -0.05) is 260 Å².